The molecule has 0 aromatic heterocycles. The van der Waals surface area contributed by atoms with Gasteiger partial charge in [-0.3, -0.25) is 19.7 Å². The van der Waals surface area contributed by atoms with Gasteiger partial charge in [0.1, 0.15) is 5.75 Å². The van der Waals surface area contributed by atoms with Crippen LogP contribution in [0.1, 0.15) is 18.9 Å². The maximum atomic E-state index is 12.6. The Balaban J connectivity index is 1.71. The van der Waals surface area contributed by atoms with Crippen molar-refractivity contribution < 1.29 is 19.2 Å². The molecule has 146 valence electrons. The molecule has 0 radical (unpaired) electrons. The van der Waals surface area contributed by atoms with Gasteiger partial charge in [0.05, 0.1) is 29.7 Å². The highest BCUT2D eigenvalue weighted by Crippen LogP contribution is 2.31. The number of nitrogens with one attached hydrogen (secondary N) is 1. The lowest BCUT2D eigenvalue weighted by Gasteiger charge is -2.17. The average Bonchev–Trinajstić information content (AvgIpc) is 3.10. The highest BCUT2D eigenvalue weighted by molar-refractivity contribution is 6.04. The summed E-state index contributed by atoms with van der Waals surface area (Å²) in [5.41, 5.74) is 2.14. The fraction of sp³-hybridized carbons (Fsp3) is 0.300. The second-order valence-electron chi connectivity index (χ2n) is 6.56. The van der Waals surface area contributed by atoms with Gasteiger partial charge in [-0.1, -0.05) is 19.1 Å². The highest BCUT2D eigenvalue weighted by Gasteiger charge is 2.35. The molecule has 0 bridgehead atoms. The van der Waals surface area contributed by atoms with Gasteiger partial charge in [0.25, 0.3) is 5.69 Å². The number of methoxy groups -OCH3 is 1. The van der Waals surface area contributed by atoms with Crippen molar-refractivity contribution in [2.24, 2.45) is 5.92 Å². The number of amides is 2. The molecule has 8 heteroatoms. The van der Waals surface area contributed by atoms with Gasteiger partial charge in [0, 0.05) is 24.7 Å². The van der Waals surface area contributed by atoms with Gasteiger partial charge in [0.15, 0.2) is 0 Å². The summed E-state index contributed by atoms with van der Waals surface area (Å²) in [6.45, 7) is 2.34. The smallest absolute Gasteiger partial charge is 0.273 e. The van der Waals surface area contributed by atoms with E-state index < -0.39 is 10.8 Å². The van der Waals surface area contributed by atoms with Gasteiger partial charge in [-0.25, -0.2) is 0 Å². The molecule has 2 amide bonds. The summed E-state index contributed by atoms with van der Waals surface area (Å²) in [7, 11) is 1.37. The number of carbonyl (C=O) groups excluding carboxylic acids is 2. The van der Waals surface area contributed by atoms with E-state index in [1.54, 1.807) is 4.90 Å². The van der Waals surface area contributed by atoms with Crippen LogP contribution in [-0.4, -0.2) is 30.4 Å². The fourth-order valence-corrected chi connectivity index (χ4v) is 3.18. The summed E-state index contributed by atoms with van der Waals surface area (Å²) in [5.74, 6) is -0.759. The highest BCUT2D eigenvalue weighted by atomic mass is 16.6. The molecule has 1 N–H and O–H groups in total. The van der Waals surface area contributed by atoms with Crippen LogP contribution < -0.4 is 15.0 Å². The van der Waals surface area contributed by atoms with E-state index >= 15 is 0 Å². The van der Waals surface area contributed by atoms with Gasteiger partial charge in [-0.2, -0.15) is 0 Å². The number of anilines is 2. The van der Waals surface area contributed by atoms with Gasteiger partial charge in [0.2, 0.25) is 11.8 Å². The Kier molecular flexibility index (Phi) is 5.58. The van der Waals surface area contributed by atoms with Gasteiger partial charge < -0.3 is 15.0 Å². The predicted octanol–water partition coefficient (Wildman–Crippen LogP) is 3.16. The molecule has 2 aromatic rings. The third-order valence-corrected chi connectivity index (χ3v) is 4.81. The minimum absolute atomic E-state index is 0.108. The summed E-state index contributed by atoms with van der Waals surface area (Å²) in [6.07, 6.45) is 1.02. The molecule has 1 saturated heterocycles. The van der Waals surface area contributed by atoms with Crippen LogP contribution in [0.25, 0.3) is 0 Å². The largest absolute Gasteiger partial charge is 0.494 e. The van der Waals surface area contributed by atoms with Crippen LogP contribution >= 0.6 is 0 Å². The third kappa shape index (κ3) is 3.95. The number of benzene rings is 2. The number of ether oxygens (including phenoxy) is 1. The van der Waals surface area contributed by atoms with E-state index in [4.69, 9.17) is 4.74 Å². The molecule has 1 atom stereocenters. The number of aryl methyl sites for hydroxylation is 1. The number of nitro groups is 1. The maximum Gasteiger partial charge on any atom is 0.273 e. The summed E-state index contributed by atoms with van der Waals surface area (Å²) in [4.78, 5) is 37.0. The van der Waals surface area contributed by atoms with Crippen LogP contribution in [-0.2, 0) is 16.0 Å². The standard InChI is InChI=1S/C20H21N3O5/c1-3-13-4-6-15(7-5-13)22-12-14(10-19(22)24)20(25)21-17-9-8-16(23(26)27)11-18(17)28-2/h4-9,11,14H,3,10,12H2,1-2H3,(H,21,25)/t14-/m0/s1. The van der Waals surface area contributed by atoms with Gasteiger partial charge >= 0.3 is 0 Å². The first-order valence-electron chi connectivity index (χ1n) is 8.95. The molecule has 0 aliphatic carbocycles. The minimum atomic E-state index is -0.536. The SMILES string of the molecule is CCc1ccc(N2C[C@@H](C(=O)Nc3ccc([N+](=O)[O-])cc3OC)CC2=O)cc1. The fourth-order valence-electron chi connectivity index (χ4n) is 3.18. The monoisotopic (exact) mass is 383 g/mol. The van der Waals surface area contributed by atoms with Crippen LogP contribution in [0.15, 0.2) is 42.5 Å². The molecule has 1 heterocycles. The lowest BCUT2D eigenvalue weighted by atomic mass is 10.1. The van der Waals surface area contributed by atoms with E-state index in [9.17, 15) is 19.7 Å². The van der Waals surface area contributed by atoms with E-state index in [1.807, 2.05) is 24.3 Å². The van der Waals surface area contributed by atoms with Gasteiger partial charge in [-0.15, -0.1) is 0 Å². The first kappa shape index (κ1) is 19.3. The first-order chi connectivity index (χ1) is 13.4. The van der Waals surface area contributed by atoms with Crippen molar-refractivity contribution in [1.82, 2.24) is 0 Å². The normalized spacial score (nSPS) is 16.1. The third-order valence-electron chi connectivity index (χ3n) is 4.81. The van der Waals surface area contributed by atoms with Crippen LogP contribution in [0.3, 0.4) is 0 Å². The van der Waals surface area contributed by atoms with E-state index in [0.717, 1.165) is 12.1 Å². The molecule has 0 spiro atoms. The summed E-state index contributed by atoms with van der Waals surface area (Å²) < 4.78 is 5.14. The Morgan fingerprint density at radius 2 is 2.00 bits per heavy atom. The topological polar surface area (TPSA) is 102 Å². The van der Waals surface area contributed by atoms with E-state index in [2.05, 4.69) is 12.2 Å². The summed E-state index contributed by atoms with van der Waals surface area (Å²) in [6, 6.07) is 11.7. The van der Waals surface area contributed by atoms with Crippen molar-refractivity contribution in [3.05, 3.63) is 58.1 Å². The Hall–Kier alpha value is -3.42. The molecular formula is C20H21N3O5. The van der Waals surface area contributed by atoms with Crippen molar-refractivity contribution in [3.63, 3.8) is 0 Å². The van der Waals surface area contributed by atoms with Crippen molar-refractivity contribution in [3.8, 4) is 5.75 Å². The Labute approximate surface area is 162 Å². The molecule has 1 fully saturated rings. The molecule has 1 aliphatic rings. The van der Waals surface area contributed by atoms with Crippen molar-refractivity contribution >= 4 is 28.9 Å². The zero-order chi connectivity index (χ0) is 20.3. The number of nitrogens with zero attached hydrogens (tertiary/aromatic N) is 2. The van der Waals surface area contributed by atoms with Crippen molar-refractivity contribution in [1.29, 1.82) is 0 Å². The van der Waals surface area contributed by atoms with Crippen molar-refractivity contribution in [2.45, 2.75) is 19.8 Å². The van der Waals surface area contributed by atoms with E-state index in [0.29, 0.717) is 5.69 Å². The molecule has 3 rings (SSSR count). The van der Waals surface area contributed by atoms with Crippen LogP contribution in [0.5, 0.6) is 5.75 Å². The Morgan fingerprint density at radius 1 is 1.29 bits per heavy atom. The van der Waals surface area contributed by atoms with Crippen LogP contribution in [0.2, 0.25) is 0 Å². The molecule has 28 heavy (non-hydrogen) atoms. The Morgan fingerprint density at radius 3 is 2.61 bits per heavy atom. The molecule has 8 nitrogen and oxygen atoms in total. The summed E-state index contributed by atoms with van der Waals surface area (Å²) >= 11 is 0. The predicted molar refractivity (Wildman–Crippen MR) is 105 cm³/mol. The maximum absolute atomic E-state index is 12.6. The van der Waals surface area contributed by atoms with E-state index in [-0.39, 0.29) is 36.2 Å². The van der Waals surface area contributed by atoms with Gasteiger partial charge in [-0.05, 0) is 30.2 Å². The second-order valence-corrected chi connectivity index (χ2v) is 6.56. The molecular weight excluding hydrogens is 362 g/mol. The zero-order valence-electron chi connectivity index (χ0n) is 15.7. The van der Waals surface area contributed by atoms with Crippen LogP contribution in [0.4, 0.5) is 17.1 Å². The Bertz CT molecular complexity index is 911. The molecule has 0 saturated carbocycles. The number of nitro benzene ring substituents is 1. The van der Waals surface area contributed by atoms with Crippen molar-refractivity contribution in [2.75, 3.05) is 23.9 Å². The second kappa shape index (κ2) is 8.08. The number of hydrogen-bond donors (Lipinski definition) is 1. The molecule has 2 aromatic carbocycles. The summed E-state index contributed by atoms with van der Waals surface area (Å²) in [5, 5.41) is 13.6. The zero-order valence-corrected chi connectivity index (χ0v) is 15.7. The quantitative estimate of drug-likeness (QED) is 0.610. The number of carbonyl (C=O) groups is 2. The lowest BCUT2D eigenvalue weighted by molar-refractivity contribution is -0.384. The minimum Gasteiger partial charge on any atom is -0.494 e. The lowest BCUT2D eigenvalue weighted by Crippen LogP contribution is -2.28. The molecule has 0 unspecified atom stereocenters. The number of non-ortho nitro benzene ring substituents is 1. The van der Waals surface area contributed by atoms with Crippen LogP contribution in [0, 0.1) is 16.0 Å². The first-order valence-corrected chi connectivity index (χ1v) is 8.95. The van der Waals surface area contributed by atoms with E-state index in [1.165, 1.54) is 30.9 Å². The number of hydrogen-bond acceptors (Lipinski definition) is 5. The molecule has 1 aliphatic heterocycles. The average molecular weight is 383 g/mol. The number of rotatable bonds is 6.